The summed E-state index contributed by atoms with van der Waals surface area (Å²) in [5.41, 5.74) is 4.32. The fourth-order valence-corrected chi connectivity index (χ4v) is 4.01. The van der Waals surface area contributed by atoms with Crippen molar-refractivity contribution in [1.29, 1.82) is 0 Å². The zero-order chi connectivity index (χ0) is 20.9. The highest BCUT2D eigenvalue weighted by molar-refractivity contribution is 7.08. The Morgan fingerprint density at radius 1 is 0.967 bits per heavy atom. The molecular weight excluding hydrogens is 398 g/mol. The van der Waals surface area contributed by atoms with Crippen LogP contribution in [0.1, 0.15) is 26.3 Å². The van der Waals surface area contributed by atoms with Gasteiger partial charge in [-0.3, -0.25) is 9.59 Å². The molecule has 2 amide bonds. The Morgan fingerprint density at radius 2 is 1.73 bits per heavy atom. The Hall–Kier alpha value is -3.16. The second-order valence-electron chi connectivity index (χ2n) is 7.06. The number of anilines is 3. The van der Waals surface area contributed by atoms with Gasteiger partial charge in [-0.25, -0.2) is 0 Å². The molecule has 30 heavy (non-hydrogen) atoms. The van der Waals surface area contributed by atoms with Crippen LogP contribution in [0.2, 0.25) is 0 Å². The molecule has 0 bridgehead atoms. The van der Waals surface area contributed by atoms with Gasteiger partial charge in [-0.1, -0.05) is 12.1 Å². The number of benzene rings is 2. The lowest BCUT2D eigenvalue weighted by Gasteiger charge is -2.29. The fraction of sp³-hybridized carbons (Fsp3) is 0.217. The highest BCUT2D eigenvalue weighted by Gasteiger charge is 2.16. The van der Waals surface area contributed by atoms with Gasteiger partial charge < -0.3 is 20.3 Å². The van der Waals surface area contributed by atoms with Gasteiger partial charge in [-0.05, 0) is 54.3 Å². The van der Waals surface area contributed by atoms with E-state index in [1.165, 1.54) is 11.3 Å². The van der Waals surface area contributed by atoms with Crippen molar-refractivity contribution in [2.24, 2.45) is 0 Å². The molecule has 0 spiro atoms. The number of nitrogens with one attached hydrogen (secondary N) is 2. The van der Waals surface area contributed by atoms with Crippen LogP contribution in [0.3, 0.4) is 0 Å². The van der Waals surface area contributed by atoms with Crippen molar-refractivity contribution in [3.8, 4) is 0 Å². The molecule has 154 valence electrons. The number of aryl methyl sites for hydroxylation is 1. The molecule has 0 unspecified atom stereocenters. The molecule has 1 aliphatic heterocycles. The van der Waals surface area contributed by atoms with Gasteiger partial charge in [0.15, 0.2) is 0 Å². The average Bonchev–Trinajstić information content (AvgIpc) is 3.31. The largest absolute Gasteiger partial charge is 0.378 e. The number of carbonyl (C=O) groups is 2. The van der Waals surface area contributed by atoms with Crippen LogP contribution in [-0.2, 0) is 4.74 Å². The van der Waals surface area contributed by atoms with Crippen molar-refractivity contribution in [2.45, 2.75) is 6.92 Å². The number of para-hydroxylation sites is 1. The van der Waals surface area contributed by atoms with Crippen LogP contribution >= 0.6 is 11.3 Å². The zero-order valence-electron chi connectivity index (χ0n) is 16.7. The number of ether oxygens (including phenoxy) is 1. The summed E-state index contributed by atoms with van der Waals surface area (Å²) in [6.07, 6.45) is 0. The van der Waals surface area contributed by atoms with Crippen molar-refractivity contribution in [3.63, 3.8) is 0 Å². The summed E-state index contributed by atoms with van der Waals surface area (Å²) >= 11 is 1.45. The van der Waals surface area contributed by atoms with Crippen LogP contribution in [0.4, 0.5) is 17.1 Å². The van der Waals surface area contributed by atoms with Gasteiger partial charge in [0, 0.05) is 29.8 Å². The van der Waals surface area contributed by atoms with Crippen LogP contribution in [0.15, 0.2) is 59.3 Å². The van der Waals surface area contributed by atoms with Crippen molar-refractivity contribution >= 4 is 40.2 Å². The lowest BCUT2D eigenvalue weighted by atomic mass is 10.1. The average molecular weight is 422 g/mol. The molecule has 2 heterocycles. The molecule has 0 radical (unpaired) electrons. The molecule has 6 nitrogen and oxygen atoms in total. The maximum Gasteiger partial charge on any atom is 0.257 e. The van der Waals surface area contributed by atoms with Gasteiger partial charge >= 0.3 is 0 Å². The Morgan fingerprint density at radius 3 is 2.47 bits per heavy atom. The standard InChI is InChI=1S/C23H23N3O3S/c1-16-14-18(26-9-11-29-12-10-26)6-7-20(16)24-23(28)19-4-2-3-5-21(19)25-22(27)17-8-13-30-15-17/h2-8,13-15H,9-12H2,1H3,(H,24,28)(H,25,27). The van der Waals surface area contributed by atoms with Crippen LogP contribution in [0, 0.1) is 6.92 Å². The molecule has 0 aliphatic carbocycles. The summed E-state index contributed by atoms with van der Waals surface area (Å²) in [6.45, 7) is 5.16. The molecule has 3 aromatic rings. The van der Waals surface area contributed by atoms with Crippen molar-refractivity contribution in [2.75, 3.05) is 41.8 Å². The third-order valence-corrected chi connectivity index (χ3v) is 5.72. The van der Waals surface area contributed by atoms with Crippen LogP contribution in [0.25, 0.3) is 0 Å². The summed E-state index contributed by atoms with van der Waals surface area (Å²) in [5.74, 6) is -0.499. The molecule has 4 rings (SSSR count). The maximum absolute atomic E-state index is 13.0. The Balaban J connectivity index is 1.49. The molecule has 1 aliphatic rings. The predicted octanol–water partition coefficient (Wildman–Crippen LogP) is 4.40. The van der Waals surface area contributed by atoms with E-state index in [2.05, 4.69) is 21.6 Å². The van der Waals surface area contributed by atoms with Gasteiger partial charge in [0.1, 0.15) is 0 Å². The van der Waals surface area contributed by atoms with E-state index in [-0.39, 0.29) is 11.8 Å². The quantitative estimate of drug-likeness (QED) is 0.641. The minimum Gasteiger partial charge on any atom is -0.378 e. The number of hydrogen-bond donors (Lipinski definition) is 2. The number of thiophene rings is 1. The van der Waals surface area contributed by atoms with E-state index >= 15 is 0 Å². The maximum atomic E-state index is 13.0. The number of rotatable bonds is 5. The first kappa shape index (κ1) is 20.1. The van der Waals surface area contributed by atoms with E-state index in [9.17, 15) is 9.59 Å². The molecular formula is C23H23N3O3S. The highest BCUT2D eigenvalue weighted by Crippen LogP contribution is 2.25. The molecule has 1 aromatic heterocycles. The lowest BCUT2D eigenvalue weighted by Crippen LogP contribution is -2.36. The van der Waals surface area contributed by atoms with E-state index in [1.807, 2.05) is 24.4 Å². The summed E-state index contributed by atoms with van der Waals surface area (Å²) in [6, 6.07) is 14.8. The van der Waals surface area contributed by atoms with E-state index in [0.29, 0.717) is 16.8 Å². The lowest BCUT2D eigenvalue weighted by molar-refractivity contribution is 0.102. The Bertz CT molecular complexity index is 1040. The summed E-state index contributed by atoms with van der Waals surface area (Å²) in [7, 11) is 0. The molecule has 2 N–H and O–H groups in total. The fourth-order valence-electron chi connectivity index (χ4n) is 3.37. The smallest absolute Gasteiger partial charge is 0.257 e. The normalized spacial score (nSPS) is 13.7. The van der Waals surface area contributed by atoms with Gasteiger partial charge in [-0.15, -0.1) is 0 Å². The first-order valence-electron chi connectivity index (χ1n) is 9.79. The summed E-state index contributed by atoms with van der Waals surface area (Å²) < 4.78 is 5.41. The van der Waals surface area contributed by atoms with Crippen LogP contribution in [-0.4, -0.2) is 38.1 Å². The van der Waals surface area contributed by atoms with Gasteiger partial charge in [0.25, 0.3) is 11.8 Å². The van der Waals surface area contributed by atoms with Gasteiger partial charge in [0.05, 0.1) is 30.0 Å². The Labute approximate surface area is 179 Å². The van der Waals surface area contributed by atoms with E-state index in [4.69, 9.17) is 4.74 Å². The molecule has 1 saturated heterocycles. The van der Waals surface area contributed by atoms with Gasteiger partial charge in [0.2, 0.25) is 0 Å². The number of hydrogen-bond acceptors (Lipinski definition) is 5. The molecule has 0 atom stereocenters. The number of carbonyl (C=O) groups excluding carboxylic acids is 2. The van der Waals surface area contributed by atoms with Gasteiger partial charge in [-0.2, -0.15) is 11.3 Å². The molecule has 0 saturated carbocycles. The third kappa shape index (κ3) is 4.53. The van der Waals surface area contributed by atoms with Crippen molar-refractivity contribution < 1.29 is 14.3 Å². The van der Waals surface area contributed by atoms with E-state index in [1.54, 1.807) is 35.7 Å². The second-order valence-corrected chi connectivity index (χ2v) is 7.84. The highest BCUT2D eigenvalue weighted by atomic mass is 32.1. The summed E-state index contributed by atoms with van der Waals surface area (Å²) in [4.78, 5) is 27.6. The topological polar surface area (TPSA) is 70.7 Å². The minimum absolute atomic E-state index is 0.234. The monoisotopic (exact) mass is 421 g/mol. The molecule has 7 heteroatoms. The number of morpholine rings is 1. The zero-order valence-corrected chi connectivity index (χ0v) is 17.5. The first-order valence-corrected chi connectivity index (χ1v) is 10.7. The molecule has 1 fully saturated rings. The summed E-state index contributed by atoms with van der Waals surface area (Å²) in [5, 5.41) is 9.43. The van der Waals surface area contributed by atoms with Crippen LogP contribution in [0.5, 0.6) is 0 Å². The van der Waals surface area contributed by atoms with Crippen LogP contribution < -0.4 is 15.5 Å². The van der Waals surface area contributed by atoms with E-state index in [0.717, 1.165) is 43.2 Å². The predicted molar refractivity (Wildman–Crippen MR) is 121 cm³/mol. The molecule has 2 aromatic carbocycles. The number of nitrogens with zero attached hydrogens (tertiary/aromatic N) is 1. The second kappa shape index (κ2) is 9.11. The minimum atomic E-state index is -0.265. The van der Waals surface area contributed by atoms with E-state index < -0.39 is 0 Å². The third-order valence-electron chi connectivity index (χ3n) is 5.04. The SMILES string of the molecule is Cc1cc(N2CCOCC2)ccc1NC(=O)c1ccccc1NC(=O)c1ccsc1. The number of amides is 2. The van der Waals surface area contributed by atoms with Crippen molar-refractivity contribution in [3.05, 3.63) is 76.0 Å². The first-order chi connectivity index (χ1) is 14.6. The van der Waals surface area contributed by atoms with Crippen molar-refractivity contribution in [1.82, 2.24) is 0 Å². The Kier molecular flexibility index (Phi) is 6.11.